The second-order valence-corrected chi connectivity index (χ2v) is 8.30. The zero-order chi connectivity index (χ0) is 21.4. The summed E-state index contributed by atoms with van der Waals surface area (Å²) in [5.74, 6) is 0.0757. The normalized spacial score (nSPS) is 24.3. The van der Waals surface area contributed by atoms with E-state index in [4.69, 9.17) is 10.3 Å². The van der Waals surface area contributed by atoms with Crippen molar-refractivity contribution in [2.45, 2.75) is 70.6 Å². The average Bonchev–Trinajstić information content (AvgIpc) is 3.26. The lowest BCUT2D eigenvalue weighted by atomic mass is 9.92. The third-order valence-electron chi connectivity index (χ3n) is 6.18. The molecule has 1 saturated carbocycles. The molecule has 1 aliphatic heterocycles. The first kappa shape index (κ1) is 20.4. The monoisotopic (exact) mass is 412 g/mol. The number of nitrogens with two attached hydrogens (primary N) is 1. The molecule has 1 atom stereocenters. The molecule has 1 aromatic heterocycles. The number of rotatable bonds is 5. The van der Waals surface area contributed by atoms with E-state index in [1.54, 1.807) is 0 Å². The van der Waals surface area contributed by atoms with Crippen molar-refractivity contribution in [3.05, 3.63) is 29.7 Å². The van der Waals surface area contributed by atoms with Crippen molar-refractivity contribution in [1.29, 1.82) is 0 Å². The minimum atomic E-state index is -0.661. The Labute approximate surface area is 175 Å². The van der Waals surface area contributed by atoms with E-state index in [0.29, 0.717) is 17.9 Å². The summed E-state index contributed by atoms with van der Waals surface area (Å²) in [5, 5.41) is 17.4. The largest absolute Gasteiger partial charge is 0.393 e. The number of aliphatic hydroxyl groups is 1. The molecule has 2 heterocycles. The Morgan fingerprint density at radius 3 is 2.60 bits per heavy atom. The Bertz CT molecular complexity index is 943. The molecule has 8 nitrogen and oxygen atoms in total. The quantitative estimate of drug-likeness (QED) is 0.694. The molecule has 30 heavy (non-hydrogen) atoms. The van der Waals surface area contributed by atoms with Crippen LogP contribution in [0.1, 0.15) is 50.0 Å². The molecule has 0 unspecified atom stereocenters. The fraction of sp³-hybridized carbons (Fsp3) is 0.500. The van der Waals surface area contributed by atoms with E-state index in [9.17, 15) is 14.7 Å². The molecule has 1 aliphatic carbocycles. The standard InChI is InChI=1S/C22H28N4O4/c1-12-21(13(2)30-25-12)14-3-8-17(24-15-4-6-16(27)7-5-15)19(11-14)26-18(22(23)29)9-10-20(26)28/h3,8,11,15-16,18,24,27H,4-7,9-10H2,1-2H3,(H2,23,29)/t15?,16?,18-/m0/s1. The van der Waals surface area contributed by atoms with Gasteiger partial charge in [0.25, 0.3) is 0 Å². The molecule has 1 aromatic carbocycles. The van der Waals surface area contributed by atoms with Gasteiger partial charge in [-0.2, -0.15) is 0 Å². The first-order valence-corrected chi connectivity index (χ1v) is 10.5. The molecule has 2 fully saturated rings. The zero-order valence-electron chi connectivity index (χ0n) is 17.4. The molecule has 0 spiro atoms. The molecule has 2 aliphatic rings. The average molecular weight is 412 g/mol. The number of carbonyl (C=O) groups excluding carboxylic acids is 2. The highest BCUT2D eigenvalue weighted by molar-refractivity contribution is 6.06. The van der Waals surface area contributed by atoms with Gasteiger partial charge in [-0.15, -0.1) is 0 Å². The number of hydrogen-bond acceptors (Lipinski definition) is 6. The van der Waals surface area contributed by atoms with Crippen molar-refractivity contribution >= 4 is 23.2 Å². The number of amides is 2. The fourth-order valence-electron chi connectivity index (χ4n) is 4.60. The van der Waals surface area contributed by atoms with Crippen LogP contribution in [0.15, 0.2) is 22.7 Å². The molecule has 4 rings (SSSR count). The van der Waals surface area contributed by atoms with Crippen LogP contribution in [0.4, 0.5) is 11.4 Å². The van der Waals surface area contributed by atoms with E-state index in [-0.39, 0.29) is 24.5 Å². The van der Waals surface area contributed by atoms with Crippen molar-refractivity contribution in [2.75, 3.05) is 10.2 Å². The highest BCUT2D eigenvalue weighted by Crippen LogP contribution is 2.39. The second-order valence-electron chi connectivity index (χ2n) is 8.30. The summed E-state index contributed by atoms with van der Waals surface area (Å²) in [6, 6.07) is 5.35. The number of nitrogens with zero attached hydrogens (tertiary/aromatic N) is 2. The lowest BCUT2D eigenvalue weighted by Crippen LogP contribution is -2.43. The van der Waals surface area contributed by atoms with Crippen LogP contribution in [0, 0.1) is 13.8 Å². The van der Waals surface area contributed by atoms with Crippen LogP contribution in [0.25, 0.3) is 11.1 Å². The molecular formula is C22H28N4O4. The number of aliphatic hydroxyl groups excluding tert-OH is 1. The van der Waals surface area contributed by atoms with Gasteiger partial charge in [0.1, 0.15) is 11.8 Å². The Balaban J connectivity index is 1.76. The van der Waals surface area contributed by atoms with E-state index >= 15 is 0 Å². The first-order valence-electron chi connectivity index (χ1n) is 10.5. The SMILES string of the molecule is Cc1noc(C)c1-c1ccc(NC2CCC(O)CC2)c(N2C(=O)CC[C@H]2C(N)=O)c1. The third kappa shape index (κ3) is 3.79. The molecule has 8 heteroatoms. The maximum absolute atomic E-state index is 12.7. The van der Waals surface area contributed by atoms with Gasteiger partial charge >= 0.3 is 0 Å². The smallest absolute Gasteiger partial charge is 0.240 e. The highest BCUT2D eigenvalue weighted by atomic mass is 16.5. The van der Waals surface area contributed by atoms with Gasteiger partial charge in [0.15, 0.2) is 0 Å². The van der Waals surface area contributed by atoms with Gasteiger partial charge in [-0.25, -0.2) is 0 Å². The molecular weight excluding hydrogens is 384 g/mol. The number of nitrogens with one attached hydrogen (secondary N) is 1. The Morgan fingerprint density at radius 1 is 1.23 bits per heavy atom. The number of benzene rings is 1. The lowest BCUT2D eigenvalue weighted by molar-refractivity contribution is -0.121. The van der Waals surface area contributed by atoms with Gasteiger partial charge < -0.3 is 20.7 Å². The lowest BCUT2D eigenvalue weighted by Gasteiger charge is -2.31. The molecule has 2 aromatic rings. The topological polar surface area (TPSA) is 122 Å². The zero-order valence-corrected chi connectivity index (χ0v) is 17.4. The van der Waals surface area contributed by atoms with Gasteiger partial charge in [0.2, 0.25) is 11.8 Å². The number of primary amides is 1. The molecule has 1 saturated heterocycles. The third-order valence-corrected chi connectivity index (χ3v) is 6.18. The second kappa shape index (κ2) is 8.10. The number of aromatic nitrogens is 1. The predicted octanol–water partition coefficient (Wildman–Crippen LogP) is 2.65. The highest BCUT2D eigenvalue weighted by Gasteiger charge is 2.37. The van der Waals surface area contributed by atoms with Crippen molar-refractivity contribution in [2.24, 2.45) is 5.73 Å². The fourth-order valence-corrected chi connectivity index (χ4v) is 4.60. The van der Waals surface area contributed by atoms with Gasteiger partial charge in [0.05, 0.1) is 23.2 Å². The summed E-state index contributed by atoms with van der Waals surface area (Å²) in [4.78, 5) is 26.3. The van der Waals surface area contributed by atoms with Crippen LogP contribution in [0.3, 0.4) is 0 Å². The number of carbonyl (C=O) groups is 2. The summed E-state index contributed by atoms with van der Waals surface area (Å²) in [7, 11) is 0. The molecule has 2 amide bonds. The molecule has 160 valence electrons. The number of anilines is 2. The van der Waals surface area contributed by atoms with Crippen molar-refractivity contribution < 1.29 is 19.2 Å². The molecule has 4 N–H and O–H groups in total. The van der Waals surface area contributed by atoms with Gasteiger partial charge in [-0.05, 0) is 63.6 Å². The summed E-state index contributed by atoms with van der Waals surface area (Å²) in [6.07, 6.45) is 3.65. The van der Waals surface area contributed by atoms with E-state index in [1.165, 1.54) is 4.90 Å². The van der Waals surface area contributed by atoms with Gasteiger partial charge in [0, 0.05) is 18.0 Å². The van der Waals surface area contributed by atoms with Crippen LogP contribution in [-0.4, -0.2) is 40.3 Å². The van der Waals surface area contributed by atoms with E-state index in [2.05, 4.69) is 10.5 Å². The van der Waals surface area contributed by atoms with Crippen molar-refractivity contribution in [3.8, 4) is 11.1 Å². The summed E-state index contributed by atoms with van der Waals surface area (Å²) >= 11 is 0. The summed E-state index contributed by atoms with van der Waals surface area (Å²) in [5.41, 5.74) is 9.55. The molecule has 0 radical (unpaired) electrons. The Morgan fingerprint density at radius 2 is 1.97 bits per heavy atom. The van der Waals surface area contributed by atoms with E-state index in [1.807, 2.05) is 32.0 Å². The number of hydrogen-bond donors (Lipinski definition) is 3. The number of aryl methyl sites for hydroxylation is 2. The van der Waals surface area contributed by atoms with Crippen LogP contribution in [-0.2, 0) is 9.59 Å². The van der Waals surface area contributed by atoms with Crippen LogP contribution < -0.4 is 16.0 Å². The van der Waals surface area contributed by atoms with Gasteiger partial charge in [-0.1, -0.05) is 11.2 Å². The van der Waals surface area contributed by atoms with E-state index < -0.39 is 11.9 Å². The minimum absolute atomic E-state index is 0.114. The maximum atomic E-state index is 12.7. The Kier molecular flexibility index (Phi) is 5.51. The molecule has 0 bridgehead atoms. The van der Waals surface area contributed by atoms with Crippen LogP contribution in [0.2, 0.25) is 0 Å². The minimum Gasteiger partial charge on any atom is -0.393 e. The van der Waals surface area contributed by atoms with Crippen LogP contribution >= 0.6 is 0 Å². The Hall–Kier alpha value is -2.87. The van der Waals surface area contributed by atoms with Crippen LogP contribution in [0.5, 0.6) is 0 Å². The van der Waals surface area contributed by atoms with Gasteiger partial charge in [-0.3, -0.25) is 14.5 Å². The summed E-state index contributed by atoms with van der Waals surface area (Å²) in [6.45, 7) is 3.72. The van der Waals surface area contributed by atoms with Crippen molar-refractivity contribution in [1.82, 2.24) is 5.16 Å². The predicted molar refractivity (Wildman–Crippen MR) is 113 cm³/mol. The van der Waals surface area contributed by atoms with E-state index in [0.717, 1.165) is 48.2 Å². The maximum Gasteiger partial charge on any atom is 0.240 e. The first-order chi connectivity index (χ1) is 14.3. The summed E-state index contributed by atoms with van der Waals surface area (Å²) < 4.78 is 5.31. The van der Waals surface area contributed by atoms with Crippen molar-refractivity contribution in [3.63, 3.8) is 0 Å².